The summed E-state index contributed by atoms with van der Waals surface area (Å²) in [4.78, 5) is 0. The minimum absolute atomic E-state index is 0.152. The summed E-state index contributed by atoms with van der Waals surface area (Å²) in [5.74, 6) is 0.707. The van der Waals surface area contributed by atoms with E-state index in [0.29, 0.717) is 17.4 Å². The first-order valence-electron chi connectivity index (χ1n) is 4.88. The fourth-order valence-electron chi connectivity index (χ4n) is 1.40. The molecule has 1 aliphatic heterocycles. The van der Waals surface area contributed by atoms with Crippen LogP contribution in [0.2, 0.25) is 5.02 Å². The third kappa shape index (κ3) is 2.52. The molecule has 80 valence electrons. The molecule has 0 amide bonds. The third-order valence-corrected chi connectivity index (χ3v) is 2.71. The molecule has 0 radical (unpaired) electrons. The van der Waals surface area contributed by atoms with Gasteiger partial charge >= 0.3 is 0 Å². The minimum atomic E-state index is -0.152. The Labute approximate surface area is 94.5 Å². The van der Waals surface area contributed by atoms with E-state index in [0.717, 1.165) is 13.0 Å². The minimum Gasteiger partial charge on any atom is -0.489 e. The Balaban J connectivity index is 1.93. The molecule has 1 heterocycles. The fraction of sp³-hybridized carbons (Fsp3) is 0.333. The topological polar surface area (TPSA) is 21.8 Å². The average Bonchev–Trinajstić information content (AvgIpc) is 2.98. The van der Waals surface area contributed by atoms with Crippen molar-refractivity contribution in [1.29, 1.82) is 0 Å². The zero-order valence-corrected chi connectivity index (χ0v) is 9.17. The number of para-hydroxylation sites is 1. The first-order chi connectivity index (χ1) is 7.26. The van der Waals surface area contributed by atoms with Crippen LogP contribution in [0.5, 0.6) is 5.75 Å². The normalized spacial score (nSPS) is 23.5. The van der Waals surface area contributed by atoms with Crippen LogP contribution in [0.15, 0.2) is 36.9 Å². The highest BCUT2D eigenvalue weighted by molar-refractivity contribution is 6.32. The van der Waals surface area contributed by atoms with Crippen molar-refractivity contribution in [3.05, 3.63) is 41.9 Å². The number of epoxide rings is 1. The smallest absolute Gasteiger partial charge is 0.138 e. The molecule has 0 spiro atoms. The van der Waals surface area contributed by atoms with Crippen molar-refractivity contribution in [2.24, 2.45) is 0 Å². The summed E-state index contributed by atoms with van der Waals surface area (Å²) in [5, 5.41) is 0.631. The van der Waals surface area contributed by atoms with E-state index in [1.54, 1.807) is 0 Å². The van der Waals surface area contributed by atoms with E-state index in [4.69, 9.17) is 21.1 Å². The molecule has 0 bridgehead atoms. The summed E-state index contributed by atoms with van der Waals surface area (Å²) in [5.41, 5.74) is -0.152. The van der Waals surface area contributed by atoms with Crippen LogP contribution in [-0.2, 0) is 4.74 Å². The van der Waals surface area contributed by atoms with Crippen LogP contribution in [0, 0.1) is 0 Å². The number of rotatable bonds is 5. The Bertz CT molecular complexity index is 358. The Morgan fingerprint density at radius 1 is 1.53 bits per heavy atom. The Morgan fingerprint density at radius 2 is 2.27 bits per heavy atom. The van der Waals surface area contributed by atoms with Gasteiger partial charge in [-0.2, -0.15) is 0 Å². The first-order valence-corrected chi connectivity index (χ1v) is 5.26. The van der Waals surface area contributed by atoms with Crippen molar-refractivity contribution in [3.63, 3.8) is 0 Å². The van der Waals surface area contributed by atoms with Gasteiger partial charge in [0.05, 0.1) is 11.6 Å². The predicted molar refractivity (Wildman–Crippen MR) is 60.4 cm³/mol. The SMILES string of the molecule is C=CCC1(COc2ccccc2Cl)CO1. The molecule has 1 aromatic carbocycles. The van der Waals surface area contributed by atoms with Crippen molar-refractivity contribution in [2.45, 2.75) is 12.0 Å². The highest BCUT2D eigenvalue weighted by atomic mass is 35.5. The van der Waals surface area contributed by atoms with Gasteiger partial charge in [0.1, 0.15) is 18.0 Å². The standard InChI is InChI=1S/C12H13ClO2/c1-2-7-12(9-15-12)8-14-11-6-4-3-5-10(11)13/h2-6H,1,7-9H2. The highest BCUT2D eigenvalue weighted by Crippen LogP contribution is 2.33. The maximum Gasteiger partial charge on any atom is 0.138 e. The lowest BCUT2D eigenvalue weighted by molar-refractivity contribution is 0.190. The summed E-state index contributed by atoms with van der Waals surface area (Å²) in [6.45, 7) is 4.97. The molecule has 15 heavy (non-hydrogen) atoms. The van der Waals surface area contributed by atoms with Crippen LogP contribution in [-0.4, -0.2) is 18.8 Å². The van der Waals surface area contributed by atoms with Crippen LogP contribution < -0.4 is 4.74 Å². The lowest BCUT2D eigenvalue weighted by atomic mass is 10.1. The molecule has 1 saturated heterocycles. The summed E-state index contributed by atoms with van der Waals surface area (Å²) >= 11 is 5.96. The van der Waals surface area contributed by atoms with Gasteiger partial charge in [0, 0.05) is 0 Å². The molecular formula is C12H13ClO2. The summed E-state index contributed by atoms with van der Waals surface area (Å²) in [6.07, 6.45) is 2.67. The van der Waals surface area contributed by atoms with E-state index in [1.165, 1.54) is 0 Å². The maximum absolute atomic E-state index is 5.96. The van der Waals surface area contributed by atoms with Crippen molar-refractivity contribution < 1.29 is 9.47 Å². The van der Waals surface area contributed by atoms with E-state index in [2.05, 4.69) is 6.58 Å². The van der Waals surface area contributed by atoms with E-state index in [9.17, 15) is 0 Å². The van der Waals surface area contributed by atoms with Crippen molar-refractivity contribution in [1.82, 2.24) is 0 Å². The quantitative estimate of drug-likeness (QED) is 0.567. The molecule has 2 nitrogen and oxygen atoms in total. The molecule has 1 fully saturated rings. The van der Waals surface area contributed by atoms with E-state index in [1.807, 2.05) is 30.3 Å². The monoisotopic (exact) mass is 224 g/mol. The van der Waals surface area contributed by atoms with Crippen molar-refractivity contribution in [2.75, 3.05) is 13.2 Å². The number of hydrogen-bond donors (Lipinski definition) is 0. The zero-order valence-electron chi connectivity index (χ0n) is 8.41. The van der Waals surface area contributed by atoms with Crippen molar-refractivity contribution in [3.8, 4) is 5.75 Å². The number of benzene rings is 1. The molecule has 1 unspecified atom stereocenters. The Morgan fingerprint density at radius 3 is 2.87 bits per heavy atom. The molecule has 0 saturated carbocycles. The molecule has 1 aromatic rings. The van der Waals surface area contributed by atoms with Gasteiger partial charge in [-0.1, -0.05) is 29.8 Å². The van der Waals surface area contributed by atoms with Crippen LogP contribution in [0.1, 0.15) is 6.42 Å². The second-order valence-corrected chi connectivity index (χ2v) is 4.09. The summed E-state index contributed by atoms with van der Waals surface area (Å²) in [7, 11) is 0. The van der Waals surface area contributed by atoms with E-state index < -0.39 is 0 Å². The molecule has 3 heteroatoms. The lowest BCUT2D eigenvalue weighted by Crippen LogP contribution is -2.20. The number of ether oxygens (including phenoxy) is 2. The highest BCUT2D eigenvalue weighted by Gasteiger charge is 2.44. The van der Waals surface area contributed by atoms with E-state index in [-0.39, 0.29) is 5.60 Å². The lowest BCUT2D eigenvalue weighted by Gasteiger charge is -2.12. The Hall–Kier alpha value is -0.990. The molecule has 1 atom stereocenters. The number of halogens is 1. The molecule has 1 aliphatic rings. The van der Waals surface area contributed by atoms with Gasteiger partial charge in [0.2, 0.25) is 0 Å². The molecule has 0 aliphatic carbocycles. The van der Waals surface area contributed by atoms with Gasteiger partial charge < -0.3 is 9.47 Å². The van der Waals surface area contributed by atoms with Crippen LogP contribution in [0.3, 0.4) is 0 Å². The molecule has 0 N–H and O–H groups in total. The van der Waals surface area contributed by atoms with Crippen molar-refractivity contribution >= 4 is 11.6 Å². The van der Waals surface area contributed by atoms with Gasteiger partial charge in [-0.25, -0.2) is 0 Å². The number of hydrogen-bond acceptors (Lipinski definition) is 2. The van der Waals surface area contributed by atoms with Gasteiger partial charge in [0.15, 0.2) is 0 Å². The fourth-order valence-corrected chi connectivity index (χ4v) is 1.59. The van der Waals surface area contributed by atoms with Gasteiger partial charge in [-0.05, 0) is 18.6 Å². The van der Waals surface area contributed by atoms with Gasteiger partial charge in [-0.3, -0.25) is 0 Å². The third-order valence-electron chi connectivity index (χ3n) is 2.40. The van der Waals surface area contributed by atoms with E-state index >= 15 is 0 Å². The first kappa shape index (κ1) is 10.5. The molecular weight excluding hydrogens is 212 g/mol. The van der Waals surface area contributed by atoms with Crippen LogP contribution >= 0.6 is 11.6 Å². The van der Waals surface area contributed by atoms with Crippen LogP contribution in [0.4, 0.5) is 0 Å². The maximum atomic E-state index is 5.96. The predicted octanol–water partition coefficient (Wildman–Crippen LogP) is 3.06. The summed E-state index contributed by atoms with van der Waals surface area (Å²) in [6, 6.07) is 7.44. The Kier molecular flexibility index (Phi) is 2.98. The summed E-state index contributed by atoms with van der Waals surface area (Å²) < 4.78 is 11.0. The molecule has 0 aromatic heterocycles. The largest absolute Gasteiger partial charge is 0.489 e. The van der Waals surface area contributed by atoms with Crippen LogP contribution in [0.25, 0.3) is 0 Å². The zero-order chi connectivity index (χ0) is 10.7. The molecule has 2 rings (SSSR count). The second kappa shape index (κ2) is 4.25. The van der Waals surface area contributed by atoms with Gasteiger partial charge in [-0.15, -0.1) is 6.58 Å². The van der Waals surface area contributed by atoms with Gasteiger partial charge in [0.25, 0.3) is 0 Å². The average molecular weight is 225 g/mol. The second-order valence-electron chi connectivity index (χ2n) is 3.68.